The number of aromatic nitrogens is 1. The molecule has 1 amide bonds. The Labute approximate surface area is 171 Å². The zero-order valence-electron chi connectivity index (χ0n) is 14.9. The molecular formula is C18H18Cl2N4O4. The van der Waals surface area contributed by atoms with E-state index in [4.69, 9.17) is 27.9 Å². The number of hydrogen-bond acceptors (Lipinski definition) is 6. The average molecular weight is 425 g/mol. The second-order valence-corrected chi connectivity index (χ2v) is 7.06. The van der Waals surface area contributed by atoms with E-state index in [1.54, 1.807) is 29.2 Å². The van der Waals surface area contributed by atoms with Crippen molar-refractivity contribution in [2.24, 2.45) is 0 Å². The molecule has 1 aliphatic heterocycles. The maximum Gasteiger partial charge on any atom is 0.287 e. The molecule has 0 saturated carbocycles. The first kappa shape index (κ1) is 20.2. The molecule has 3 rings (SSSR count). The van der Waals surface area contributed by atoms with Crippen molar-refractivity contribution < 1.29 is 14.5 Å². The predicted molar refractivity (Wildman–Crippen MR) is 106 cm³/mol. The Morgan fingerprint density at radius 3 is 2.68 bits per heavy atom. The third-order valence-electron chi connectivity index (χ3n) is 4.36. The van der Waals surface area contributed by atoms with Crippen molar-refractivity contribution in [3.8, 4) is 5.75 Å². The summed E-state index contributed by atoms with van der Waals surface area (Å²) in [4.78, 5) is 30.7. The highest BCUT2D eigenvalue weighted by atomic mass is 35.5. The van der Waals surface area contributed by atoms with Gasteiger partial charge in [-0.1, -0.05) is 23.2 Å². The number of benzene rings is 1. The van der Waals surface area contributed by atoms with Gasteiger partial charge in [-0.15, -0.1) is 0 Å². The van der Waals surface area contributed by atoms with Crippen molar-refractivity contribution in [2.75, 3.05) is 37.7 Å². The number of pyridine rings is 1. The van der Waals surface area contributed by atoms with Gasteiger partial charge in [0.1, 0.15) is 17.8 Å². The minimum absolute atomic E-state index is 0.0478. The second-order valence-electron chi connectivity index (χ2n) is 6.22. The maximum absolute atomic E-state index is 12.5. The van der Waals surface area contributed by atoms with Crippen LogP contribution in [0.3, 0.4) is 0 Å². The van der Waals surface area contributed by atoms with Crippen LogP contribution in [0.4, 0.5) is 11.5 Å². The number of ether oxygens (including phenoxy) is 1. The average Bonchev–Trinajstić information content (AvgIpc) is 2.93. The van der Waals surface area contributed by atoms with Crippen LogP contribution in [0.25, 0.3) is 0 Å². The molecule has 0 bridgehead atoms. The first-order valence-corrected chi connectivity index (χ1v) is 9.40. The summed E-state index contributed by atoms with van der Waals surface area (Å²) in [6.45, 7) is 2.28. The molecule has 1 aromatic carbocycles. The first-order chi connectivity index (χ1) is 13.4. The van der Waals surface area contributed by atoms with Gasteiger partial charge in [0.05, 0.1) is 9.95 Å². The Balaban J connectivity index is 1.55. The van der Waals surface area contributed by atoms with Gasteiger partial charge in [0.15, 0.2) is 6.61 Å². The molecule has 148 valence electrons. The number of amides is 1. The van der Waals surface area contributed by atoms with Gasteiger partial charge in [0.2, 0.25) is 0 Å². The van der Waals surface area contributed by atoms with Crippen molar-refractivity contribution >= 4 is 40.6 Å². The molecule has 10 heteroatoms. The highest BCUT2D eigenvalue weighted by Crippen LogP contribution is 2.27. The van der Waals surface area contributed by atoms with E-state index in [-0.39, 0.29) is 18.2 Å². The highest BCUT2D eigenvalue weighted by molar-refractivity contribution is 6.35. The van der Waals surface area contributed by atoms with E-state index in [2.05, 4.69) is 4.98 Å². The molecule has 1 saturated heterocycles. The third-order valence-corrected chi connectivity index (χ3v) is 4.89. The van der Waals surface area contributed by atoms with Gasteiger partial charge in [-0.3, -0.25) is 14.9 Å². The monoisotopic (exact) mass is 424 g/mol. The van der Waals surface area contributed by atoms with Gasteiger partial charge in [0, 0.05) is 37.3 Å². The number of nitro groups is 1. The van der Waals surface area contributed by atoms with Crippen LogP contribution >= 0.6 is 23.2 Å². The van der Waals surface area contributed by atoms with Crippen LogP contribution in [-0.2, 0) is 4.79 Å². The van der Waals surface area contributed by atoms with E-state index in [9.17, 15) is 14.9 Å². The Morgan fingerprint density at radius 1 is 1.18 bits per heavy atom. The Kier molecular flexibility index (Phi) is 6.53. The molecule has 1 aliphatic rings. The Morgan fingerprint density at radius 2 is 2.00 bits per heavy atom. The number of carbonyl (C=O) groups excluding carboxylic acids is 1. The predicted octanol–water partition coefficient (Wildman–Crippen LogP) is 3.41. The van der Waals surface area contributed by atoms with E-state index >= 15 is 0 Å². The summed E-state index contributed by atoms with van der Waals surface area (Å²) in [5, 5.41) is 11.6. The van der Waals surface area contributed by atoms with Crippen LogP contribution in [0.15, 0.2) is 36.5 Å². The highest BCUT2D eigenvalue weighted by Gasteiger charge is 2.21. The molecule has 0 atom stereocenters. The smallest absolute Gasteiger partial charge is 0.287 e. The van der Waals surface area contributed by atoms with E-state index in [1.807, 2.05) is 4.90 Å². The van der Waals surface area contributed by atoms with Crippen LogP contribution < -0.4 is 9.64 Å². The van der Waals surface area contributed by atoms with Crippen LogP contribution in [0.1, 0.15) is 6.42 Å². The van der Waals surface area contributed by atoms with Crippen LogP contribution in [-0.4, -0.2) is 53.5 Å². The minimum atomic E-state index is -0.480. The fraction of sp³-hybridized carbons (Fsp3) is 0.333. The van der Waals surface area contributed by atoms with Crippen molar-refractivity contribution in [1.29, 1.82) is 0 Å². The summed E-state index contributed by atoms with van der Waals surface area (Å²) in [6.07, 6.45) is 2.00. The number of nitrogens with zero attached hydrogens (tertiary/aromatic N) is 4. The number of carbonyl (C=O) groups is 1. The van der Waals surface area contributed by atoms with Gasteiger partial charge in [-0.2, -0.15) is 0 Å². The first-order valence-electron chi connectivity index (χ1n) is 8.65. The molecule has 8 nitrogen and oxygen atoms in total. The third kappa shape index (κ3) is 5.02. The molecule has 0 aliphatic carbocycles. The van der Waals surface area contributed by atoms with E-state index in [0.717, 1.165) is 6.42 Å². The molecule has 1 aromatic heterocycles. The number of hydrogen-bond donors (Lipinski definition) is 0. The lowest BCUT2D eigenvalue weighted by molar-refractivity contribution is -0.385. The largest absolute Gasteiger partial charge is 0.482 e. The lowest BCUT2D eigenvalue weighted by Crippen LogP contribution is -2.38. The summed E-state index contributed by atoms with van der Waals surface area (Å²) in [6, 6.07) is 7.89. The number of rotatable bonds is 5. The molecule has 0 unspecified atom stereocenters. The van der Waals surface area contributed by atoms with Crippen LogP contribution in [0.2, 0.25) is 10.0 Å². The Bertz CT molecular complexity index is 863. The SMILES string of the molecule is O=C(COc1ccc(Cl)cc1Cl)N1CCCN(c2ccc([N+](=O)[O-])cn2)CC1. The zero-order chi connectivity index (χ0) is 20.1. The van der Waals surface area contributed by atoms with Gasteiger partial charge in [-0.25, -0.2) is 4.98 Å². The van der Waals surface area contributed by atoms with Crippen molar-refractivity contribution in [3.05, 3.63) is 56.7 Å². The summed E-state index contributed by atoms with van der Waals surface area (Å²) >= 11 is 11.9. The van der Waals surface area contributed by atoms with Crippen molar-refractivity contribution in [2.45, 2.75) is 6.42 Å². The van der Waals surface area contributed by atoms with Gasteiger partial charge in [0.25, 0.3) is 11.6 Å². The zero-order valence-corrected chi connectivity index (χ0v) is 16.4. The molecule has 28 heavy (non-hydrogen) atoms. The standard InChI is InChI=1S/C18H18Cl2N4O4/c19-13-2-4-16(15(20)10-13)28-12-18(25)23-7-1-6-22(8-9-23)17-5-3-14(11-21-17)24(26)27/h2-5,10-11H,1,6-9,12H2. The van der Waals surface area contributed by atoms with Crippen LogP contribution in [0.5, 0.6) is 5.75 Å². The van der Waals surface area contributed by atoms with Gasteiger partial charge in [-0.05, 0) is 30.7 Å². The van der Waals surface area contributed by atoms with E-state index < -0.39 is 4.92 Å². The minimum Gasteiger partial charge on any atom is -0.482 e. The van der Waals surface area contributed by atoms with E-state index in [0.29, 0.717) is 47.8 Å². The molecular weight excluding hydrogens is 407 g/mol. The summed E-state index contributed by atoms with van der Waals surface area (Å²) in [7, 11) is 0. The molecule has 0 spiro atoms. The molecule has 2 heterocycles. The molecule has 1 fully saturated rings. The normalized spacial score (nSPS) is 14.5. The quantitative estimate of drug-likeness (QED) is 0.539. The summed E-state index contributed by atoms with van der Waals surface area (Å²) < 4.78 is 5.52. The number of anilines is 1. The van der Waals surface area contributed by atoms with Gasteiger partial charge < -0.3 is 14.5 Å². The number of halogens is 2. The Hall–Kier alpha value is -2.58. The molecule has 2 aromatic rings. The summed E-state index contributed by atoms with van der Waals surface area (Å²) in [5.41, 5.74) is -0.0478. The maximum atomic E-state index is 12.5. The lowest BCUT2D eigenvalue weighted by atomic mass is 10.3. The fourth-order valence-corrected chi connectivity index (χ4v) is 3.36. The topological polar surface area (TPSA) is 88.8 Å². The van der Waals surface area contributed by atoms with E-state index in [1.165, 1.54) is 12.3 Å². The van der Waals surface area contributed by atoms with Crippen LogP contribution in [0, 0.1) is 10.1 Å². The lowest BCUT2D eigenvalue weighted by Gasteiger charge is -2.23. The molecule has 0 radical (unpaired) electrons. The fourth-order valence-electron chi connectivity index (χ4n) is 2.89. The van der Waals surface area contributed by atoms with Crippen molar-refractivity contribution in [3.63, 3.8) is 0 Å². The van der Waals surface area contributed by atoms with Crippen molar-refractivity contribution in [1.82, 2.24) is 9.88 Å². The summed E-state index contributed by atoms with van der Waals surface area (Å²) in [5.74, 6) is 0.930. The van der Waals surface area contributed by atoms with Gasteiger partial charge >= 0.3 is 0 Å². The molecule has 0 N–H and O–H groups in total. The second kappa shape index (κ2) is 9.07.